The predicted octanol–water partition coefficient (Wildman–Crippen LogP) is 1.02. The zero-order chi connectivity index (χ0) is 16.1. The van der Waals surface area contributed by atoms with Crippen molar-refractivity contribution >= 4 is 40.2 Å². The molecule has 2 rings (SSSR count). The second-order valence-corrected chi connectivity index (χ2v) is 5.37. The highest BCUT2D eigenvalue weighted by Gasteiger charge is 2.16. The van der Waals surface area contributed by atoms with Gasteiger partial charge in [-0.1, -0.05) is 0 Å². The molecule has 0 fully saturated rings. The fourth-order valence-corrected chi connectivity index (χ4v) is 2.33. The zero-order valence-electron chi connectivity index (χ0n) is 11.2. The van der Waals surface area contributed by atoms with Gasteiger partial charge in [-0.3, -0.25) is 24.8 Å². The molecule has 0 unspecified atom stereocenters. The van der Waals surface area contributed by atoms with Crippen molar-refractivity contribution < 1.29 is 19.6 Å². The molecule has 0 aliphatic rings. The quantitative estimate of drug-likeness (QED) is 0.392. The third-order valence-electron chi connectivity index (χ3n) is 2.73. The number of amides is 1. The Labute approximate surface area is 128 Å². The Morgan fingerprint density at radius 1 is 1.45 bits per heavy atom. The van der Waals surface area contributed by atoms with Crippen LogP contribution < -0.4 is 5.32 Å². The van der Waals surface area contributed by atoms with Gasteiger partial charge in [0.25, 0.3) is 11.6 Å². The van der Waals surface area contributed by atoms with Gasteiger partial charge in [-0.15, -0.1) is 11.8 Å². The van der Waals surface area contributed by atoms with Crippen molar-refractivity contribution in [1.82, 2.24) is 15.5 Å². The number of benzene rings is 1. The van der Waals surface area contributed by atoms with E-state index in [9.17, 15) is 19.7 Å². The topological polar surface area (TPSA) is 138 Å². The molecule has 9 nitrogen and oxygen atoms in total. The molecule has 1 aromatic carbocycles. The highest BCUT2D eigenvalue weighted by atomic mass is 32.2. The summed E-state index contributed by atoms with van der Waals surface area (Å²) in [5, 5.41) is 28.7. The van der Waals surface area contributed by atoms with Gasteiger partial charge in [-0.2, -0.15) is 5.10 Å². The lowest BCUT2D eigenvalue weighted by atomic mass is 10.2. The molecule has 2 aromatic rings. The number of nitro benzene ring substituents is 1. The molecule has 1 aromatic heterocycles. The number of hydrogen-bond donors (Lipinski definition) is 3. The number of hydrogen-bond acceptors (Lipinski definition) is 6. The van der Waals surface area contributed by atoms with Crippen LogP contribution >= 0.6 is 11.8 Å². The number of rotatable bonds is 7. The van der Waals surface area contributed by atoms with Crippen LogP contribution in [0, 0.1) is 10.1 Å². The number of nitrogens with one attached hydrogen (secondary N) is 2. The molecular weight excluding hydrogens is 312 g/mol. The number of H-pyrrole nitrogens is 1. The third-order valence-corrected chi connectivity index (χ3v) is 3.67. The van der Waals surface area contributed by atoms with Gasteiger partial charge in [0.15, 0.2) is 5.69 Å². The Morgan fingerprint density at radius 3 is 2.91 bits per heavy atom. The molecule has 0 saturated carbocycles. The van der Waals surface area contributed by atoms with Gasteiger partial charge in [-0.05, 0) is 6.07 Å². The summed E-state index contributed by atoms with van der Waals surface area (Å²) in [5.74, 6) is -0.974. The molecule has 22 heavy (non-hydrogen) atoms. The number of thioether (sulfide) groups is 1. The van der Waals surface area contributed by atoms with E-state index in [4.69, 9.17) is 5.11 Å². The van der Waals surface area contributed by atoms with Crippen LogP contribution in [0.3, 0.4) is 0 Å². The molecule has 0 bridgehead atoms. The monoisotopic (exact) mass is 324 g/mol. The summed E-state index contributed by atoms with van der Waals surface area (Å²) in [6.45, 7) is 0.278. The summed E-state index contributed by atoms with van der Waals surface area (Å²) in [5.41, 5.74) is 0.470. The number of carboxylic acids is 1. The Hall–Kier alpha value is -2.62. The van der Waals surface area contributed by atoms with Gasteiger partial charge >= 0.3 is 5.97 Å². The van der Waals surface area contributed by atoms with E-state index in [2.05, 4.69) is 15.5 Å². The third kappa shape index (κ3) is 3.73. The zero-order valence-corrected chi connectivity index (χ0v) is 12.1. The Morgan fingerprint density at radius 2 is 2.23 bits per heavy atom. The summed E-state index contributed by atoms with van der Waals surface area (Å²) in [7, 11) is 0. The molecule has 0 saturated heterocycles. The highest BCUT2D eigenvalue weighted by Crippen LogP contribution is 2.21. The lowest BCUT2D eigenvalue weighted by Crippen LogP contribution is -2.26. The number of aromatic amines is 1. The van der Waals surface area contributed by atoms with E-state index in [1.165, 1.54) is 30.0 Å². The molecule has 0 radical (unpaired) electrons. The molecular formula is C12H12N4O5S. The average Bonchev–Trinajstić information content (AvgIpc) is 2.89. The van der Waals surface area contributed by atoms with E-state index >= 15 is 0 Å². The van der Waals surface area contributed by atoms with E-state index < -0.39 is 16.8 Å². The van der Waals surface area contributed by atoms with Gasteiger partial charge in [-0.25, -0.2) is 0 Å². The van der Waals surface area contributed by atoms with E-state index in [1.54, 1.807) is 0 Å². The van der Waals surface area contributed by atoms with Crippen LogP contribution in [0.25, 0.3) is 10.9 Å². The number of carbonyl (C=O) groups excluding carboxylic acids is 1. The van der Waals surface area contributed by atoms with Crippen molar-refractivity contribution in [3.8, 4) is 0 Å². The van der Waals surface area contributed by atoms with Crippen molar-refractivity contribution in [2.24, 2.45) is 0 Å². The maximum Gasteiger partial charge on any atom is 0.313 e. The SMILES string of the molecule is O=C(O)CSCCNC(=O)c1n[nH]c2ccc([N+](=O)[O-])cc12. The van der Waals surface area contributed by atoms with Crippen LogP contribution in [0.15, 0.2) is 18.2 Å². The van der Waals surface area contributed by atoms with Crippen LogP contribution in [0.1, 0.15) is 10.5 Å². The number of nitro groups is 1. The van der Waals surface area contributed by atoms with Crippen LogP contribution in [-0.4, -0.2) is 50.2 Å². The number of carboxylic acid groups (broad SMARTS) is 1. The molecule has 0 atom stereocenters. The number of carbonyl (C=O) groups is 2. The van der Waals surface area contributed by atoms with Gasteiger partial charge in [0.05, 0.1) is 16.2 Å². The highest BCUT2D eigenvalue weighted by molar-refractivity contribution is 7.99. The van der Waals surface area contributed by atoms with Gasteiger partial charge in [0.2, 0.25) is 0 Å². The van der Waals surface area contributed by atoms with Gasteiger partial charge in [0.1, 0.15) is 0 Å². The largest absolute Gasteiger partial charge is 0.481 e. The summed E-state index contributed by atoms with van der Waals surface area (Å²) in [6, 6.07) is 4.09. The summed E-state index contributed by atoms with van der Waals surface area (Å²) in [6.07, 6.45) is 0. The Balaban J connectivity index is 2.03. The predicted molar refractivity (Wildman–Crippen MR) is 80.0 cm³/mol. The fraction of sp³-hybridized carbons (Fsp3) is 0.250. The van der Waals surface area contributed by atoms with Crippen molar-refractivity contribution in [2.75, 3.05) is 18.1 Å². The van der Waals surface area contributed by atoms with Crippen molar-refractivity contribution in [2.45, 2.75) is 0 Å². The molecule has 1 amide bonds. The molecule has 0 aliphatic carbocycles. The van der Waals surface area contributed by atoms with Crippen LogP contribution in [0.4, 0.5) is 5.69 Å². The van der Waals surface area contributed by atoms with Crippen molar-refractivity contribution in [3.05, 3.63) is 34.0 Å². The Bertz CT molecular complexity index is 729. The maximum absolute atomic E-state index is 12.0. The summed E-state index contributed by atoms with van der Waals surface area (Å²) >= 11 is 1.18. The maximum atomic E-state index is 12.0. The first-order chi connectivity index (χ1) is 10.5. The number of nitrogens with zero attached hydrogens (tertiary/aromatic N) is 2. The minimum absolute atomic E-state index is 0.0343. The van der Waals surface area contributed by atoms with Crippen LogP contribution in [0.2, 0.25) is 0 Å². The Kier molecular flexibility index (Phi) is 4.94. The second kappa shape index (κ2) is 6.89. The standard InChI is InChI=1S/C12H12N4O5S/c17-10(18)6-22-4-3-13-12(19)11-8-5-7(16(20)21)1-2-9(8)14-15-11/h1-2,5H,3-4,6H2,(H,13,19)(H,14,15)(H,17,18). The average molecular weight is 324 g/mol. The number of aliphatic carboxylic acids is 1. The van der Waals surface area contributed by atoms with Gasteiger partial charge in [0, 0.05) is 29.8 Å². The second-order valence-electron chi connectivity index (χ2n) is 4.26. The van der Waals surface area contributed by atoms with E-state index in [0.29, 0.717) is 16.7 Å². The van der Waals surface area contributed by atoms with E-state index in [1.807, 2.05) is 0 Å². The first-order valence-corrected chi connectivity index (χ1v) is 7.35. The lowest BCUT2D eigenvalue weighted by Gasteiger charge is -2.02. The molecule has 10 heteroatoms. The van der Waals surface area contributed by atoms with Gasteiger partial charge < -0.3 is 10.4 Å². The smallest absolute Gasteiger partial charge is 0.313 e. The summed E-state index contributed by atoms with van der Waals surface area (Å²) < 4.78 is 0. The van der Waals surface area contributed by atoms with Crippen molar-refractivity contribution in [1.29, 1.82) is 0 Å². The number of fused-ring (bicyclic) bond motifs is 1. The minimum Gasteiger partial charge on any atom is -0.481 e. The lowest BCUT2D eigenvalue weighted by molar-refractivity contribution is -0.384. The van der Waals surface area contributed by atoms with Crippen molar-refractivity contribution in [3.63, 3.8) is 0 Å². The van der Waals surface area contributed by atoms with Crippen LogP contribution in [-0.2, 0) is 4.79 Å². The molecule has 116 valence electrons. The van der Waals surface area contributed by atoms with E-state index in [-0.39, 0.29) is 23.7 Å². The molecule has 0 aliphatic heterocycles. The molecule has 1 heterocycles. The first-order valence-electron chi connectivity index (χ1n) is 6.19. The molecule has 3 N–H and O–H groups in total. The van der Waals surface area contributed by atoms with E-state index in [0.717, 1.165) is 0 Å². The molecule has 0 spiro atoms. The van der Waals surface area contributed by atoms with Crippen LogP contribution in [0.5, 0.6) is 0 Å². The normalized spacial score (nSPS) is 10.5. The summed E-state index contributed by atoms with van der Waals surface area (Å²) in [4.78, 5) is 32.6. The number of non-ortho nitro benzene ring substituents is 1. The number of aromatic nitrogens is 2. The first kappa shape index (κ1) is 15.8. The minimum atomic E-state index is -0.915. The fourth-order valence-electron chi connectivity index (χ4n) is 1.77.